The monoisotopic (exact) mass is 476 g/mol. The second-order valence-electron chi connectivity index (χ2n) is 7.33. The number of methoxy groups -OCH3 is 1. The third kappa shape index (κ3) is 5.62. The molecule has 0 fully saturated rings. The first kappa shape index (κ1) is 23.1. The van der Waals surface area contributed by atoms with Gasteiger partial charge >= 0.3 is 0 Å². The van der Waals surface area contributed by atoms with E-state index in [-0.39, 0.29) is 17.1 Å². The Morgan fingerprint density at radius 1 is 0.971 bits per heavy atom. The Bertz CT molecular complexity index is 1280. The van der Waals surface area contributed by atoms with Crippen LogP contribution in [-0.4, -0.2) is 35.2 Å². The quantitative estimate of drug-likeness (QED) is 0.395. The molecule has 172 valence electrons. The van der Waals surface area contributed by atoms with Crippen molar-refractivity contribution in [3.05, 3.63) is 95.8 Å². The van der Waals surface area contributed by atoms with Crippen LogP contribution in [-0.2, 0) is 11.2 Å². The molecule has 0 radical (unpaired) electrons. The molecule has 1 atom stereocenters. The minimum atomic E-state index is -0.956. The Morgan fingerprint density at radius 2 is 1.68 bits per heavy atom. The predicted molar refractivity (Wildman–Crippen MR) is 128 cm³/mol. The van der Waals surface area contributed by atoms with Crippen LogP contribution in [0.3, 0.4) is 0 Å². The molecule has 7 nitrogen and oxygen atoms in total. The third-order valence-electron chi connectivity index (χ3n) is 5.02. The highest BCUT2D eigenvalue weighted by atomic mass is 32.1. The van der Waals surface area contributed by atoms with Crippen molar-refractivity contribution in [1.82, 2.24) is 15.5 Å². The zero-order valence-electron chi connectivity index (χ0n) is 18.2. The molecule has 0 aliphatic heterocycles. The summed E-state index contributed by atoms with van der Waals surface area (Å²) in [5.41, 5.74) is 1.53. The molecule has 9 heteroatoms. The molecular weight excluding hydrogens is 455 g/mol. The number of amides is 2. The van der Waals surface area contributed by atoms with E-state index in [1.807, 2.05) is 54.6 Å². The molecule has 0 bridgehead atoms. The Balaban J connectivity index is 1.51. The summed E-state index contributed by atoms with van der Waals surface area (Å²) in [7, 11) is 1.59. The first-order chi connectivity index (χ1) is 16.5. The molecule has 2 N–H and O–H groups in total. The number of carbonyl (C=O) groups is 2. The number of nitrogens with one attached hydrogen (secondary N) is 2. The Kier molecular flexibility index (Phi) is 7.24. The van der Waals surface area contributed by atoms with Crippen LogP contribution in [0, 0.1) is 5.82 Å². The number of anilines is 1. The summed E-state index contributed by atoms with van der Waals surface area (Å²) >= 11 is 1.20. The number of ether oxygens (including phenoxy) is 1. The van der Waals surface area contributed by atoms with Crippen LogP contribution in [0.25, 0.3) is 10.6 Å². The molecule has 0 spiro atoms. The van der Waals surface area contributed by atoms with Gasteiger partial charge < -0.3 is 10.1 Å². The maximum Gasteiger partial charge on any atom is 0.254 e. The maximum atomic E-state index is 14.1. The molecule has 4 aromatic rings. The molecule has 0 aliphatic carbocycles. The van der Waals surface area contributed by atoms with E-state index in [2.05, 4.69) is 20.8 Å². The highest BCUT2D eigenvalue weighted by Crippen LogP contribution is 2.28. The van der Waals surface area contributed by atoms with Crippen molar-refractivity contribution in [2.45, 2.75) is 12.5 Å². The van der Waals surface area contributed by atoms with E-state index < -0.39 is 23.7 Å². The summed E-state index contributed by atoms with van der Waals surface area (Å²) in [6, 6.07) is 21.2. The number of nitrogens with zero attached hydrogens (tertiary/aromatic N) is 2. The van der Waals surface area contributed by atoms with Crippen molar-refractivity contribution in [3.63, 3.8) is 0 Å². The number of hydrogen-bond acceptors (Lipinski definition) is 6. The van der Waals surface area contributed by atoms with Crippen LogP contribution in [0.15, 0.2) is 78.9 Å². The van der Waals surface area contributed by atoms with Gasteiger partial charge in [0.1, 0.15) is 22.6 Å². The summed E-state index contributed by atoms with van der Waals surface area (Å²) in [5.74, 6) is -1.10. The smallest absolute Gasteiger partial charge is 0.254 e. The summed E-state index contributed by atoms with van der Waals surface area (Å²) in [6.45, 7) is 0. The minimum absolute atomic E-state index is 0.133. The van der Waals surface area contributed by atoms with Gasteiger partial charge in [0.25, 0.3) is 5.91 Å². The number of halogens is 1. The van der Waals surface area contributed by atoms with Crippen LogP contribution in [0.1, 0.15) is 15.9 Å². The zero-order chi connectivity index (χ0) is 23.9. The highest BCUT2D eigenvalue weighted by Gasteiger charge is 2.24. The lowest BCUT2D eigenvalue weighted by Gasteiger charge is -2.18. The van der Waals surface area contributed by atoms with Gasteiger partial charge in [0, 0.05) is 12.0 Å². The van der Waals surface area contributed by atoms with Crippen LogP contribution in [0.2, 0.25) is 0 Å². The summed E-state index contributed by atoms with van der Waals surface area (Å²) < 4.78 is 19.3. The largest absolute Gasteiger partial charge is 0.497 e. The lowest BCUT2D eigenvalue weighted by Crippen LogP contribution is -2.45. The van der Waals surface area contributed by atoms with Crippen molar-refractivity contribution in [3.8, 4) is 16.3 Å². The molecule has 34 heavy (non-hydrogen) atoms. The number of aromatic nitrogens is 2. The van der Waals surface area contributed by atoms with Gasteiger partial charge in [-0.1, -0.05) is 53.8 Å². The van der Waals surface area contributed by atoms with Crippen molar-refractivity contribution < 1.29 is 18.7 Å². The zero-order valence-corrected chi connectivity index (χ0v) is 19.0. The van der Waals surface area contributed by atoms with Gasteiger partial charge in [-0.2, -0.15) is 0 Å². The van der Waals surface area contributed by atoms with Crippen molar-refractivity contribution >= 4 is 28.3 Å². The van der Waals surface area contributed by atoms with Crippen LogP contribution >= 0.6 is 11.3 Å². The average Bonchev–Trinajstić information content (AvgIpc) is 3.33. The Morgan fingerprint density at radius 3 is 2.38 bits per heavy atom. The van der Waals surface area contributed by atoms with Crippen molar-refractivity contribution in [2.75, 3.05) is 12.4 Å². The second-order valence-corrected chi connectivity index (χ2v) is 8.30. The number of benzene rings is 3. The topological polar surface area (TPSA) is 93.2 Å². The molecule has 0 saturated heterocycles. The highest BCUT2D eigenvalue weighted by molar-refractivity contribution is 7.18. The van der Waals surface area contributed by atoms with E-state index in [4.69, 9.17) is 4.74 Å². The fourth-order valence-electron chi connectivity index (χ4n) is 3.26. The van der Waals surface area contributed by atoms with E-state index in [9.17, 15) is 14.0 Å². The number of hydrogen-bond donors (Lipinski definition) is 2. The molecule has 1 heterocycles. The lowest BCUT2D eigenvalue weighted by atomic mass is 10.0. The van der Waals surface area contributed by atoms with E-state index in [1.54, 1.807) is 13.2 Å². The van der Waals surface area contributed by atoms with Gasteiger partial charge in [0.05, 0.1) is 12.7 Å². The van der Waals surface area contributed by atoms with Crippen molar-refractivity contribution in [2.24, 2.45) is 0 Å². The van der Waals surface area contributed by atoms with Crippen LogP contribution in [0.5, 0.6) is 5.75 Å². The first-order valence-corrected chi connectivity index (χ1v) is 11.2. The summed E-state index contributed by atoms with van der Waals surface area (Å²) in [6.07, 6.45) is 0.219. The SMILES string of the molecule is COc1ccc(-c2nnc(NC(=O)C(Cc3ccccc3)NC(=O)c3ccccc3F)s2)cc1. The molecule has 3 aromatic carbocycles. The summed E-state index contributed by atoms with van der Waals surface area (Å²) in [4.78, 5) is 25.8. The Labute approximate surface area is 199 Å². The lowest BCUT2D eigenvalue weighted by molar-refractivity contribution is -0.118. The molecule has 0 saturated carbocycles. The minimum Gasteiger partial charge on any atom is -0.497 e. The van der Waals surface area contributed by atoms with Gasteiger partial charge in [-0.25, -0.2) is 4.39 Å². The van der Waals surface area contributed by atoms with Crippen molar-refractivity contribution in [1.29, 1.82) is 0 Å². The molecule has 0 aliphatic rings. The van der Waals surface area contributed by atoms with Gasteiger partial charge in [0.15, 0.2) is 0 Å². The van der Waals surface area contributed by atoms with Gasteiger partial charge in [0.2, 0.25) is 11.0 Å². The molecule has 1 unspecified atom stereocenters. The van der Waals surface area contributed by atoms with E-state index in [1.165, 1.54) is 29.5 Å². The van der Waals surface area contributed by atoms with Gasteiger partial charge in [-0.15, -0.1) is 10.2 Å². The number of carbonyl (C=O) groups excluding carboxylic acids is 2. The van der Waals surface area contributed by atoms with Gasteiger partial charge in [-0.3, -0.25) is 14.9 Å². The maximum absolute atomic E-state index is 14.1. The third-order valence-corrected chi connectivity index (χ3v) is 5.90. The molecule has 2 amide bonds. The predicted octanol–water partition coefficient (Wildman–Crippen LogP) is 4.33. The molecular formula is C25H21FN4O3S. The van der Waals surface area contributed by atoms with E-state index in [0.717, 1.165) is 16.9 Å². The Hall–Kier alpha value is -4.11. The van der Waals surface area contributed by atoms with E-state index in [0.29, 0.717) is 5.01 Å². The van der Waals surface area contributed by atoms with Crippen LogP contribution < -0.4 is 15.4 Å². The standard InChI is InChI=1S/C25H21FN4O3S/c1-33-18-13-11-17(12-14-18)24-29-30-25(34-24)28-23(32)21(15-16-7-3-2-4-8-16)27-22(31)19-9-5-6-10-20(19)26/h2-14,21H,15H2,1H3,(H,27,31)(H,28,30,32). The fraction of sp³-hybridized carbons (Fsp3) is 0.120. The normalized spacial score (nSPS) is 11.5. The second kappa shape index (κ2) is 10.7. The summed E-state index contributed by atoms with van der Waals surface area (Å²) in [5, 5.41) is 14.5. The first-order valence-electron chi connectivity index (χ1n) is 10.4. The number of rotatable bonds is 8. The van der Waals surface area contributed by atoms with Crippen LogP contribution in [0.4, 0.5) is 9.52 Å². The molecule has 4 rings (SSSR count). The fourth-order valence-corrected chi connectivity index (χ4v) is 4.01. The molecule has 1 aromatic heterocycles. The average molecular weight is 477 g/mol. The van der Waals surface area contributed by atoms with E-state index >= 15 is 0 Å². The van der Waals surface area contributed by atoms with Gasteiger partial charge in [-0.05, 0) is 42.0 Å².